The standard InChI is InChI=1S/C13H10BrF2N3O/c14-9-5-8(17)6-18-13(9)19-12(20)4-7-1-2-10(15)11(16)3-7/h1-3,5-6H,4,17H2,(H,18,19,20). The van der Waals surface area contributed by atoms with Crippen LogP contribution in [0.25, 0.3) is 0 Å². The number of hydrogen-bond donors (Lipinski definition) is 2. The average molecular weight is 342 g/mol. The molecule has 1 aromatic carbocycles. The lowest BCUT2D eigenvalue weighted by atomic mass is 10.1. The molecule has 2 aromatic rings. The summed E-state index contributed by atoms with van der Waals surface area (Å²) in [6.07, 6.45) is 1.31. The monoisotopic (exact) mass is 341 g/mol. The molecule has 0 fully saturated rings. The van der Waals surface area contributed by atoms with Gasteiger partial charge in [-0.3, -0.25) is 4.79 Å². The second-order valence-electron chi connectivity index (χ2n) is 4.07. The van der Waals surface area contributed by atoms with E-state index in [0.29, 0.717) is 21.5 Å². The number of halogens is 3. The molecule has 104 valence electrons. The van der Waals surface area contributed by atoms with Crippen molar-refractivity contribution in [2.75, 3.05) is 11.1 Å². The van der Waals surface area contributed by atoms with Crippen molar-refractivity contribution in [1.82, 2.24) is 4.98 Å². The lowest BCUT2D eigenvalue weighted by Crippen LogP contribution is -2.16. The Kier molecular flexibility index (Phi) is 4.29. The van der Waals surface area contributed by atoms with Gasteiger partial charge in [0.05, 0.1) is 22.8 Å². The highest BCUT2D eigenvalue weighted by atomic mass is 79.9. The van der Waals surface area contributed by atoms with Crippen molar-refractivity contribution in [2.24, 2.45) is 0 Å². The molecule has 1 aromatic heterocycles. The number of pyridine rings is 1. The van der Waals surface area contributed by atoms with Crippen LogP contribution in [0.3, 0.4) is 0 Å². The van der Waals surface area contributed by atoms with Crippen LogP contribution >= 0.6 is 15.9 Å². The molecule has 0 spiro atoms. The molecule has 0 atom stereocenters. The molecule has 4 nitrogen and oxygen atoms in total. The minimum atomic E-state index is -0.984. The second kappa shape index (κ2) is 5.96. The molecule has 7 heteroatoms. The number of hydrogen-bond acceptors (Lipinski definition) is 3. The summed E-state index contributed by atoms with van der Waals surface area (Å²) in [6.45, 7) is 0. The van der Waals surface area contributed by atoms with Crippen molar-refractivity contribution in [3.05, 3.63) is 52.1 Å². The third-order valence-electron chi connectivity index (χ3n) is 2.47. The van der Waals surface area contributed by atoms with E-state index in [1.807, 2.05) is 0 Å². The van der Waals surface area contributed by atoms with Crippen molar-refractivity contribution in [3.8, 4) is 0 Å². The molecule has 0 bridgehead atoms. The van der Waals surface area contributed by atoms with Crippen molar-refractivity contribution >= 4 is 33.3 Å². The van der Waals surface area contributed by atoms with Gasteiger partial charge in [0, 0.05) is 0 Å². The SMILES string of the molecule is Nc1cnc(NC(=O)Cc2ccc(F)c(F)c2)c(Br)c1. The Bertz CT molecular complexity index is 664. The summed E-state index contributed by atoms with van der Waals surface area (Å²) in [4.78, 5) is 15.7. The first kappa shape index (κ1) is 14.4. The number of carbonyl (C=O) groups excluding carboxylic acids is 1. The van der Waals surface area contributed by atoms with Gasteiger partial charge in [0.15, 0.2) is 11.6 Å². The van der Waals surface area contributed by atoms with Crippen LogP contribution in [0.4, 0.5) is 20.3 Å². The lowest BCUT2D eigenvalue weighted by Gasteiger charge is -2.07. The molecule has 1 amide bonds. The van der Waals surface area contributed by atoms with E-state index >= 15 is 0 Å². The summed E-state index contributed by atoms with van der Waals surface area (Å²) >= 11 is 3.22. The van der Waals surface area contributed by atoms with Crippen LogP contribution in [0.2, 0.25) is 0 Å². The van der Waals surface area contributed by atoms with Gasteiger partial charge in [-0.05, 0) is 39.7 Å². The van der Waals surface area contributed by atoms with Gasteiger partial charge in [-0.2, -0.15) is 0 Å². The van der Waals surface area contributed by atoms with E-state index in [2.05, 4.69) is 26.2 Å². The summed E-state index contributed by atoms with van der Waals surface area (Å²) in [5.41, 5.74) is 6.35. The molecule has 0 saturated carbocycles. The van der Waals surface area contributed by atoms with Gasteiger partial charge >= 0.3 is 0 Å². The fourth-order valence-corrected chi connectivity index (χ4v) is 2.02. The number of nitrogen functional groups attached to an aromatic ring is 1. The Morgan fingerprint density at radius 2 is 2.05 bits per heavy atom. The van der Waals surface area contributed by atoms with Crippen molar-refractivity contribution in [1.29, 1.82) is 0 Å². The van der Waals surface area contributed by atoms with Crippen LogP contribution in [-0.4, -0.2) is 10.9 Å². The van der Waals surface area contributed by atoms with Crippen LogP contribution in [-0.2, 0) is 11.2 Å². The summed E-state index contributed by atoms with van der Waals surface area (Å²) < 4.78 is 26.3. The summed E-state index contributed by atoms with van der Waals surface area (Å²) in [6, 6.07) is 4.92. The predicted octanol–water partition coefficient (Wildman–Crippen LogP) is 2.89. The molecule has 2 rings (SSSR count). The van der Waals surface area contributed by atoms with Crippen LogP contribution in [0, 0.1) is 11.6 Å². The smallest absolute Gasteiger partial charge is 0.229 e. The maximum atomic E-state index is 13.0. The Labute approximate surface area is 122 Å². The van der Waals surface area contributed by atoms with E-state index in [0.717, 1.165) is 12.1 Å². The lowest BCUT2D eigenvalue weighted by molar-refractivity contribution is -0.115. The minimum absolute atomic E-state index is 0.0876. The first-order valence-corrected chi connectivity index (χ1v) is 6.40. The van der Waals surface area contributed by atoms with Gasteiger partial charge < -0.3 is 11.1 Å². The largest absolute Gasteiger partial charge is 0.397 e. The molecular weight excluding hydrogens is 332 g/mol. The van der Waals surface area contributed by atoms with E-state index in [1.165, 1.54) is 12.3 Å². The fraction of sp³-hybridized carbons (Fsp3) is 0.0769. The maximum absolute atomic E-state index is 13.0. The Morgan fingerprint density at radius 1 is 1.30 bits per heavy atom. The summed E-state index contributed by atoms with van der Waals surface area (Å²) in [5, 5.41) is 2.55. The summed E-state index contributed by atoms with van der Waals surface area (Å²) in [7, 11) is 0. The van der Waals surface area contributed by atoms with E-state index in [9.17, 15) is 13.6 Å². The number of amides is 1. The number of aromatic nitrogens is 1. The number of rotatable bonds is 3. The Balaban J connectivity index is 2.07. The number of carbonyl (C=O) groups is 1. The Hall–Kier alpha value is -2.02. The van der Waals surface area contributed by atoms with Crippen LogP contribution < -0.4 is 11.1 Å². The van der Waals surface area contributed by atoms with Crippen LogP contribution in [0.1, 0.15) is 5.56 Å². The van der Waals surface area contributed by atoms with Gasteiger partial charge in [-0.25, -0.2) is 13.8 Å². The molecule has 20 heavy (non-hydrogen) atoms. The molecule has 0 aliphatic carbocycles. The number of nitrogens with two attached hydrogens (primary N) is 1. The molecular formula is C13H10BrF2N3O. The van der Waals surface area contributed by atoms with E-state index in [-0.39, 0.29) is 6.42 Å². The summed E-state index contributed by atoms with van der Waals surface area (Å²) in [5.74, 6) is -2.01. The third-order valence-corrected chi connectivity index (χ3v) is 3.07. The van der Waals surface area contributed by atoms with Gasteiger partial charge in [0.25, 0.3) is 0 Å². The molecule has 0 aliphatic heterocycles. The van der Waals surface area contributed by atoms with Gasteiger partial charge in [-0.15, -0.1) is 0 Å². The quantitative estimate of drug-likeness (QED) is 0.901. The highest BCUT2D eigenvalue weighted by molar-refractivity contribution is 9.10. The third kappa shape index (κ3) is 3.51. The van der Waals surface area contributed by atoms with Crippen molar-refractivity contribution < 1.29 is 13.6 Å². The zero-order chi connectivity index (χ0) is 14.7. The van der Waals surface area contributed by atoms with Crippen molar-refractivity contribution in [3.63, 3.8) is 0 Å². The number of nitrogens with zero attached hydrogens (tertiary/aromatic N) is 1. The second-order valence-corrected chi connectivity index (χ2v) is 4.93. The van der Waals surface area contributed by atoms with Crippen LogP contribution in [0.5, 0.6) is 0 Å². The first-order valence-electron chi connectivity index (χ1n) is 5.60. The zero-order valence-corrected chi connectivity index (χ0v) is 11.7. The number of anilines is 2. The van der Waals surface area contributed by atoms with Crippen LogP contribution in [0.15, 0.2) is 34.9 Å². The first-order chi connectivity index (χ1) is 9.45. The number of benzene rings is 1. The highest BCUT2D eigenvalue weighted by Crippen LogP contribution is 2.22. The topological polar surface area (TPSA) is 68.0 Å². The highest BCUT2D eigenvalue weighted by Gasteiger charge is 2.10. The fourth-order valence-electron chi connectivity index (χ4n) is 1.56. The number of nitrogens with one attached hydrogen (secondary N) is 1. The average Bonchev–Trinajstić information content (AvgIpc) is 2.37. The maximum Gasteiger partial charge on any atom is 0.229 e. The van der Waals surface area contributed by atoms with Gasteiger partial charge in [0.1, 0.15) is 5.82 Å². The molecule has 0 saturated heterocycles. The van der Waals surface area contributed by atoms with Gasteiger partial charge in [-0.1, -0.05) is 6.07 Å². The molecule has 0 aliphatic rings. The van der Waals surface area contributed by atoms with Gasteiger partial charge in [0.2, 0.25) is 5.91 Å². The zero-order valence-electron chi connectivity index (χ0n) is 10.2. The predicted molar refractivity (Wildman–Crippen MR) is 75.0 cm³/mol. The minimum Gasteiger partial charge on any atom is -0.397 e. The molecule has 3 N–H and O–H groups in total. The molecule has 1 heterocycles. The van der Waals surface area contributed by atoms with E-state index in [1.54, 1.807) is 6.07 Å². The Morgan fingerprint density at radius 3 is 2.70 bits per heavy atom. The molecule has 0 radical (unpaired) electrons. The van der Waals surface area contributed by atoms with Crippen molar-refractivity contribution in [2.45, 2.75) is 6.42 Å². The van der Waals surface area contributed by atoms with E-state index in [4.69, 9.17) is 5.73 Å². The molecule has 0 unspecified atom stereocenters. The van der Waals surface area contributed by atoms with E-state index < -0.39 is 17.5 Å². The normalized spacial score (nSPS) is 10.3.